The van der Waals surface area contributed by atoms with Crippen molar-refractivity contribution in [2.24, 2.45) is 12.0 Å². The van der Waals surface area contributed by atoms with Gasteiger partial charge in [0.15, 0.2) is 0 Å². The first-order chi connectivity index (χ1) is 10.9. The molecule has 2 rings (SSSR count). The monoisotopic (exact) mass is 312 g/mol. The fraction of sp³-hybridized carbons (Fsp3) is 0.133. The average Bonchev–Trinajstić information content (AvgIpc) is 2.54. The van der Waals surface area contributed by atoms with Crippen LogP contribution in [0.25, 0.3) is 0 Å². The van der Waals surface area contributed by atoms with E-state index in [1.807, 2.05) is 6.07 Å². The fourth-order valence-corrected chi connectivity index (χ4v) is 1.99. The number of rotatable bonds is 3. The van der Waals surface area contributed by atoms with Crippen LogP contribution >= 0.6 is 0 Å². The molecule has 0 spiro atoms. The highest BCUT2D eigenvalue weighted by atomic mass is 16.6. The molecule has 1 aromatic heterocycles. The topological polar surface area (TPSA) is 122 Å². The van der Waals surface area contributed by atoms with Gasteiger partial charge in [0.1, 0.15) is 11.6 Å². The van der Waals surface area contributed by atoms with Gasteiger partial charge in [-0.25, -0.2) is 0 Å². The summed E-state index contributed by atoms with van der Waals surface area (Å²) in [5.41, 5.74) is 0.268. The van der Waals surface area contributed by atoms with E-state index in [-0.39, 0.29) is 22.7 Å². The fourth-order valence-electron chi connectivity index (χ4n) is 1.99. The Morgan fingerprint density at radius 3 is 2.52 bits per heavy atom. The molecule has 2 aromatic rings. The van der Waals surface area contributed by atoms with E-state index in [0.717, 1.165) is 4.57 Å². The Hall–Kier alpha value is -3.47. The second kappa shape index (κ2) is 6.11. The van der Waals surface area contributed by atoms with E-state index in [4.69, 9.17) is 5.26 Å². The molecule has 0 saturated heterocycles. The molecule has 0 amide bonds. The van der Waals surface area contributed by atoms with Gasteiger partial charge in [-0.05, 0) is 24.6 Å². The lowest BCUT2D eigenvalue weighted by molar-refractivity contribution is -0.384. The molecule has 1 heterocycles. The van der Waals surface area contributed by atoms with Gasteiger partial charge in [-0.15, -0.1) is 0 Å². The Balaban J connectivity index is 2.48. The Kier molecular flexibility index (Phi) is 4.23. The molecule has 0 aliphatic carbocycles. The summed E-state index contributed by atoms with van der Waals surface area (Å²) in [5.74, 6) is -0.308. The summed E-state index contributed by atoms with van der Waals surface area (Å²) < 4.78 is 0.961. The molecule has 8 heteroatoms. The number of nitro groups is 1. The van der Waals surface area contributed by atoms with Crippen LogP contribution in [0.3, 0.4) is 0 Å². The lowest BCUT2D eigenvalue weighted by Crippen LogP contribution is -2.22. The minimum absolute atomic E-state index is 0.0585. The standard InChI is InChI=1S/C15H12N4O4/c1-9-12(7-16)14(20)18(2)15(21)13(9)8-17-10-3-5-11(6-4-10)19(22)23/h3-6,8,21H,1-2H3. The van der Waals surface area contributed by atoms with Crippen molar-refractivity contribution in [3.63, 3.8) is 0 Å². The van der Waals surface area contributed by atoms with Crippen LogP contribution in [0, 0.1) is 28.4 Å². The van der Waals surface area contributed by atoms with E-state index < -0.39 is 10.5 Å². The first-order valence-electron chi connectivity index (χ1n) is 6.48. The third-order valence-electron chi connectivity index (χ3n) is 3.37. The van der Waals surface area contributed by atoms with E-state index in [1.165, 1.54) is 44.5 Å². The van der Waals surface area contributed by atoms with Gasteiger partial charge < -0.3 is 5.11 Å². The maximum atomic E-state index is 11.8. The second-order valence-electron chi connectivity index (χ2n) is 4.74. The predicted molar refractivity (Wildman–Crippen MR) is 83.2 cm³/mol. The molecule has 1 aromatic carbocycles. The number of aromatic hydroxyl groups is 1. The van der Waals surface area contributed by atoms with Gasteiger partial charge in [-0.3, -0.25) is 24.5 Å². The van der Waals surface area contributed by atoms with Crippen molar-refractivity contribution in [2.75, 3.05) is 0 Å². The molecule has 116 valence electrons. The summed E-state index contributed by atoms with van der Waals surface area (Å²) in [5, 5.41) is 29.7. The summed E-state index contributed by atoms with van der Waals surface area (Å²) >= 11 is 0. The van der Waals surface area contributed by atoms with Gasteiger partial charge in [0.2, 0.25) is 5.88 Å². The van der Waals surface area contributed by atoms with Crippen LogP contribution < -0.4 is 5.56 Å². The maximum Gasteiger partial charge on any atom is 0.271 e. The molecular weight excluding hydrogens is 300 g/mol. The first kappa shape index (κ1) is 15.9. The number of non-ortho nitro benzene ring substituents is 1. The predicted octanol–water partition coefficient (Wildman–Crippen LogP) is 1.93. The summed E-state index contributed by atoms with van der Waals surface area (Å²) in [6, 6.07) is 7.33. The number of benzene rings is 1. The quantitative estimate of drug-likeness (QED) is 0.527. The molecular formula is C15H12N4O4. The third-order valence-corrected chi connectivity index (χ3v) is 3.37. The molecule has 23 heavy (non-hydrogen) atoms. The third kappa shape index (κ3) is 2.94. The maximum absolute atomic E-state index is 11.8. The number of pyridine rings is 1. The van der Waals surface area contributed by atoms with Crippen molar-refractivity contribution in [2.45, 2.75) is 6.92 Å². The van der Waals surface area contributed by atoms with Crippen LogP contribution in [0.15, 0.2) is 34.1 Å². The van der Waals surface area contributed by atoms with Crippen LogP contribution in [0.1, 0.15) is 16.7 Å². The Morgan fingerprint density at radius 2 is 2.00 bits per heavy atom. The molecule has 8 nitrogen and oxygen atoms in total. The summed E-state index contributed by atoms with van der Waals surface area (Å²) in [4.78, 5) is 26.0. The van der Waals surface area contributed by atoms with Crippen molar-refractivity contribution in [3.05, 3.63) is 61.4 Å². The highest BCUT2D eigenvalue weighted by Crippen LogP contribution is 2.21. The van der Waals surface area contributed by atoms with Gasteiger partial charge in [-0.2, -0.15) is 5.26 Å². The average molecular weight is 312 g/mol. The largest absolute Gasteiger partial charge is 0.494 e. The van der Waals surface area contributed by atoms with E-state index in [0.29, 0.717) is 11.3 Å². The molecule has 0 bridgehead atoms. The number of nitro benzene ring substituents is 1. The molecule has 1 N–H and O–H groups in total. The SMILES string of the molecule is Cc1c(C=Nc2ccc([N+](=O)[O-])cc2)c(O)n(C)c(=O)c1C#N. The zero-order valence-corrected chi connectivity index (χ0v) is 12.3. The lowest BCUT2D eigenvalue weighted by Gasteiger charge is -2.09. The zero-order chi connectivity index (χ0) is 17.1. The summed E-state index contributed by atoms with van der Waals surface area (Å²) in [7, 11) is 1.35. The van der Waals surface area contributed by atoms with Gasteiger partial charge in [0, 0.05) is 25.4 Å². The van der Waals surface area contributed by atoms with E-state index >= 15 is 0 Å². The Bertz CT molecular complexity index is 905. The number of aromatic nitrogens is 1. The van der Waals surface area contributed by atoms with Gasteiger partial charge in [-0.1, -0.05) is 0 Å². The molecule has 0 unspecified atom stereocenters. The second-order valence-corrected chi connectivity index (χ2v) is 4.74. The number of nitrogens with zero attached hydrogens (tertiary/aromatic N) is 4. The number of hydrogen-bond donors (Lipinski definition) is 1. The van der Waals surface area contributed by atoms with Crippen molar-refractivity contribution in [3.8, 4) is 11.9 Å². The molecule has 0 aliphatic heterocycles. The highest BCUT2D eigenvalue weighted by Gasteiger charge is 2.15. The zero-order valence-electron chi connectivity index (χ0n) is 12.3. The van der Waals surface area contributed by atoms with Crippen LogP contribution in [0.2, 0.25) is 0 Å². The normalized spacial score (nSPS) is 10.7. The highest BCUT2D eigenvalue weighted by molar-refractivity contribution is 5.87. The van der Waals surface area contributed by atoms with E-state index in [9.17, 15) is 20.0 Å². The van der Waals surface area contributed by atoms with Crippen molar-refractivity contribution in [1.29, 1.82) is 5.26 Å². The Morgan fingerprint density at radius 1 is 1.39 bits per heavy atom. The number of hydrogen-bond acceptors (Lipinski definition) is 6. The smallest absolute Gasteiger partial charge is 0.271 e. The lowest BCUT2D eigenvalue weighted by atomic mass is 10.1. The van der Waals surface area contributed by atoms with Crippen molar-refractivity contribution >= 4 is 17.6 Å². The molecule has 0 atom stereocenters. The van der Waals surface area contributed by atoms with Crippen LogP contribution in [-0.2, 0) is 7.05 Å². The summed E-state index contributed by atoms with van der Waals surface area (Å²) in [6.45, 7) is 1.54. The molecule has 0 radical (unpaired) electrons. The van der Waals surface area contributed by atoms with Gasteiger partial charge in [0.05, 0.1) is 16.2 Å². The molecule has 0 aliphatic rings. The van der Waals surface area contributed by atoms with Crippen LogP contribution in [0.4, 0.5) is 11.4 Å². The number of nitriles is 1. The summed E-state index contributed by atoms with van der Waals surface area (Å²) in [6.07, 6.45) is 1.31. The van der Waals surface area contributed by atoms with Crippen molar-refractivity contribution in [1.82, 2.24) is 4.57 Å². The van der Waals surface area contributed by atoms with Crippen LogP contribution in [-0.4, -0.2) is 20.8 Å². The minimum Gasteiger partial charge on any atom is -0.494 e. The minimum atomic E-state index is -0.588. The molecule has 0 saturated carbocycles. The van der Waals surface area contributed by atoms with Gasteiger partial charge >= 0.3 is 0 Å². The van der Waals surface area contributed by atoms with E-state index in [2.05, 4.69) is 4.99 Å². The van der Waals surface area contributed by atoms with E-state index in [1.54, 1.807) is 0 Å². The number of aliphatic imine (C=N–C) groups is 1. The van der Waals surface area contributed by atoms with Crippen molar-refractivity contribution < 1.29 is 10.0 Å². The molecule has 0 fully saturated rings. The Labute approximate surface area is 130 Å². The first-order valence-corrected chi connectivity index (χ1v) is 6.48. The van der Waals surface area contributed by atoms with Gasteiger partial charge in [0.25, 0.3) is 11.2 Å². The van der Waals surface area contributed by atoms with Crippen LogP contribution in [0.5, 0.6) is 5.88 Å².